The molecule has 0 amide bonds. The van der Waals surface area contributed by atoms with E-state index in [2.05, 4.69) is 14.1 Å². The van der Waals surface area contributed by atoms with E-state index in [0.29, 0.717) is 6.61 Å². The largest absolute Gasteiger partial charge is 1.00 e. The molecule has 1 saturated carbocycles. The smallest absolute Gasteiger partial charge is 0.102 e. The minimum atomic E-state index is 0. The van der Waals surface area contributed by atoms with Crippen molar-refractivity contribution in [3.05, 3.63) is 0 Å². The fourth-order valence-electron chi connectivity index (χ4n) is 1.21. The Morgan fingerprint density at radius 3 is 2.20 bits per heavy atom. The van der Waals surface area contributed by atoms with Crippen LogP contribution in [0.5, 0.6) is 0 Å². The molecular formula is C7H16INO. The summed E-state index contributed by atoms with van der Waals surface area (Å²) in [6.45, 7) is 1.23. The molecule has 1 aliphatic rings. The Hall–Kier alpha value is 0.650. The van der Waals surface area contributed by atoms with Gasteiger partial charge in [0.2, 0.25) is 0 Å². The van der Waals surface area contributed by atoms with E-state index >= 15 is 0 Å². The topological polar surface area (TPSA) is 20.2 Å². The lowest BCUT2D eigenvalue weighted by Gasteiger charge is -2.28. The van der Waals surface area contributed by atoms with E-state index in [1.54, 1.807) is 0 Å². The Morgan fingerprint density at radius 1 is 1.40 bits per heavy atom. The van der Waals surface area contributed by atoms with Crippen LogP contribution in [0.25, 0.3) is 0 Å². The molecular weight excluding hydrogens is 241 g/mol. The maximum absolute atomic E-state index is 8.66. The molecule has 0 bridgehead atoms. The molecule has 62 valence electrons. The lowest BCUT2D eigenvalue weighted by molar-refractivity contribution is -0.901. The van der Waals surface area contributed by atoms with Gasteiger partial charge in [-0.05, 0) is 0 Å². The maximum atomic E-state index is 8.66. The summed E-state index contributed by atoms with van der Waals surface area (Å²) in [7, 11) is 4.38. The van der Waals surface area contributed by atoms with Crippen molar-refractivity contribution >= 4 is 0 Å². The number of aliphatic hydroxyl groups excluding tert-OH is 1. The van der Waals surface area contributed by atoms with Crippen LogP contribution in [0.2, 0.25) is 0 Å². The van der Waals surface area contributed by atoms with Crippen molar-refractivity contribution in [2.24, 2.45) is 0 Å². The second-order valence-electron chi connectivity index (χ2n) is 3.46. The molecule has 0 aromatic heterocycles. The summed E-state index contributed by atoms with van der Waals surface area (Å²) in [6.07, 6.45) is 2.71. The number of aliphatic hydroxyl groups is 1. The number of likely N-dealkylation sites (N-methyl/N-ethyl adjacent to an activating group) is 1. The van der Waals surface area contributed by atoms with E-state index in [-0.39, 0.29) is 24.0 Å². The predicted molar refractivity (Wildman–Crippen MR) is 37.1 cm³/mol. The third-order valence-corrected chi connectivity index (χ3v) is 2.21. The molecule has 0 spiro atoms. The summed E-state index contributed by atoms with van der Waals surface area (Å²) >= 11 is 0. The number of hydrogen-bond acceptors (Lipinski definition) is 1. The first-order valence-corrected chi connectivity index (χ1v) is 3.60. The quantitative estimate of drug-likeness (QED) is 0.428. The van der Waals surface area contributed by atoms with Crippen LogP contribution in [0.15, 0.2) is 0 Å². The van der Waals surface area contributed by atoms with Crippen molar-refractivity contribution in [3.63, 3.8) is 0 Å². The van der Waals surface area contributed by atoms with Gasteiger partial charge in [-0.15, -0.1) is 0 Å². The summed E-state index contributed by atoms with van der Waals surface area (Å²) in [6, 6.07) is 0.845. The lowest BCUT2D eigenvalue weighted by Crippen LogP contribution is -3.00. The summed E-state index contributed by atoms with van der Waals surface area (Å²) < 4.78 is 1.01. The SMILES string of the molecule is C[N+](C)(CCO)C1CC1.[I-]. The zero-order valence-corrected chi connectivity index (χ0v) is 8.84. The van der Waals surface area contributed by atoms with Gasteiger partial charge in [-0.3, -0.25) is 0 Å². The number of quaternary nitrogens is 1. The minimum absolute atomic E-state index is 0. The van der Waals surface area contributed by atoms with Gasteiger partial charge in [0.05, 0.1) is 26.7 Å². The van der Waals surface area contributed by atoms with Crippen molar-refractivity contribution in [1.82, 2.24) is 0 Å². The van der Waals surface area contributed by atoms with E-state index in [0.717, 1.165) is 17.1 Å². The first kappa shape index (κ1) is 10.7. The van der Waals surface area contributed by atoms with E-state index in [1.165, 1.54) is 12.8 Å². The Balaban J connectivity index is 0.000000810. The van der Waals surface area contributed by atoms with Gasteiger partial charge in [0.1, 0.15) is 6.54 Å². The van der Waals surface area contributed by atoms with E-state index in [9.17, 15) is 0 Å². The Bertz CT molecular complexity index is 102. The number of nitrogens with zero attached hydrogens (tertiary/aromatic N) is 1. The molecule has 10 heavy (non-hydrogen) atoms. The van der Waals surface area contributed by atoms with Gasteiger partial charge in [0.25, 0.3) is 0 Å². The number of halogens is 1. The van der Waals surface area contributed by atoms with Crippen LogP contribution in [0, 0.1) is 0 Å². The van der Waals surface area contributed by atoms with Crippen LogP contribution >= 0.6 is 0 Å². The molecule has 0 unspecified atom stereocenters. The monoisotopic (exact) mass is 257 g/mol. The van der Waals surface area contributed by atoms with Gasteiger partial charge in [0.15, 0.2) is 0 Å². The fourth-order valence-corrected chi connectivity index (χ4v) is 1.21. The first-order chi connectivity index (χ1) is 4.17. The Labute approximate surface area is 79.8 Å². The molecule has 0 radical (unpaired) electrons. The molecule has 0 heterocycles. The van der Waals surface area contributed by atoms with Gasteiger partial charge in [-0.2, -0.15) is 0 Å². The van der Waals surface area contributed by atoms with Crippen LogP contribution in [-0.4, -0.2) is 42.9 Å². The van der Waals surface area contributed by atoms with Gasteiger partial charge in [0, 0.05) is 12.8 Å². The zero-order valence-electron chi connectivity index (χ0n) is 6.68. The Morgan fingerprint density at radius 2 is 1.90 bits per heavy atom. The molecule has 0 saturated heterocycles. The average Bonchev–Trinajstić information content (AvgIpc) is 2.41. The van der Waals surface area contributed by atoms with Gasteiger partial charge in [-0.25, -0.2) is 0 Å². The van der Waals surface area contributed by atoms with Crippen molar-refractivity contribution in [3.8, 4) is 0 Å². The number of rotatable bonds is 3. The molecule has 0 aliphatic heterocycles. The molecule has 0 aromatic carbocycles. The van der Waals surface area contributed by atoms with Crippen LogP contribution in [0.1, 0.15) is 12.8 Å². The first-order valence-electron chi connectivity index (χ1n) is 3.60. The highest BCUT2D eigenvalue weighted by Crippen LogP contribution is 2.29. The summed E-state index contributed by atoms with van der Waals surface area (Å²) in [5.41, 5.74) is 0. The fraction of sp³-hybridized carbons (Fsp3) is 1.00. The second-order valence-corrected chi connectivity index (χ2v) is 3.46. The molecule has 2 nitrogen and oxygen atoms in total. The van der Waals surface area contributed by atoms with Crippen LogP contribution in [0.3, 0.4) is 0 Å². The molecule has 1 fully saturated rings. The van der Waals surface area contributed by atoms with Crippen LogP contribution < -0.4 is 24.0 Å². The lowest BCUT2D eigenvalue weighted by atomic mass is 10.4. The second kappa shape index (κ2) is 3.88. The highest BCUT2D eigenvalue weighted by molar-refractivity contribution is 4.73. The highest BCUT2D eigenvalue weighted by Gasteiger charge is 2.37. The normalized spacial score (nSPS) is 18.3. The predicted octanol–water partition coefficient (Wildman–Crippen LogP) is -2.78. The molecule has 3 heteroatoms. The minimum Gasteiger partial charge on any atom is -1.00 e. The van der Waals surface area contributed by atoms with E-state index in [4.69, 9.17) is 5.11 Å². The van der Waals surface area contributed by atoms with Gasteiger partial charge in [-0.1, -0.05) is 0 Å². The van der Waals surface area contributed by atoms with Crippen molar-refractivity contribution < 1.29 is 33.6 Å². The van der Waals surface area contributed by atoms with Crippen molar-refractivity contribution in [2.75, 3.05) is 27.2 Å². The third-order valence-electron chi connectivity index (χ3n) is 2.21. The van der Waals surface area contributed by atoms with Gasteiger partial charge >= 0.3 is 0 Å². The standard InChI is InChI=1S/C7H16NO.HI/c1-8(2,5-6-9)7-3-4-7;/h7,9H,3-6H2,1-2H3;1H/q+1;/p-1. The number of hydrogen-bond donors (Lipinski definition) is 1. The summed E-state index contributed by atoms with van der Waals surface area (Å²) in [5.74, 6) is 0. The van der Waals surface area contributed by atoms with Gasteiger partial charge < -0.3 is 33.6 Å². The Kier molecular flexibility index (Phi) is 4.13. The van der Waals surface area contributed by atoms with E-state index < -0.39 is 0 Å². The molecule has 1 aliphatic carbocycles. The maximum Gasteiger partial charge on any atom is 0.102 e. The van der Waals surface area contributed by atoms with E-state index in [1.807, 2.05) is 0 Å². The zero-order chi connectivity index (χ0) is 6.91. The molecule has 1 N–H and O–H groups in total. The summed E-state index contributed by atoms with van der Waals surface area (Å²) in [5, 5.41) is 8.66. The molecule has 0 atom stereocenters. The van der Waals surface area contributed by atoms with Crippen molar-refractivity contribution in [1.29, 1.82) is 0 Å². The van der Waals surface area contributed by atoms with Crippen molar-refractivity contribution in [2.45, 2.75) is 18.9 Å². The van der Waals surface area contributed by atoms with Crippen LogP contribution in [-0.2, 0) is 0 Å². The van der Waals surface area contributed by atoms with Crippen LogP contribution in [0.4, 0.5) is 0 Å². The molecule has 1 rings (SSSR count). The average molecular weight is 257 g/mol. The summed E-state index contributed by atoms with van der Waals surface area (Å²) in [4.78, 5) is 0. The highest BCUT2D eigenvalue weighted by atomic mass is 127. The third kappa shape index (κ3) is 2.72. The molecule has 0 aromatic rings.